The van der Waals surface area contributed by atoms with E-state index >= 15 is 0 Å². The van der Waals surface area contributed by atoms with Gasteiger partial charge in [0.15, 0.2) is 0 Å². The van der Waals surface area contributed by atoms with Crippen LogP contribution in [0.25, 0.3) is 28.0 Å². The van der Waals surface area contributed by atoms with Crippen molar-refractivity contribution in [3.8, 4) is 28.5 Å². The maximum absolute atomic E-state index is 13.3. The lowest BCUT2D eigenvalue weighted by atomic mass is 10.0. The summed E-state index contributed by atoms with van der Waals surface area (Å²) in [7, 11) is 0. The molecule has 0 bridgehead atoms. The zero-order valence-corrected chi connectivity index (χ0v) is 23.0. The number of pyridine rings is 1. The Kier molecular flexibility index (Phi) is 7.41. The van der Waals surface area contributed by atoms with E-state index in [1.54, 1.807) is 24.3 Å². The highest BCUT2D eigenvalue weighted by Gasteiger charge is 2.22. The molecule has 0 radical (unpaired) electrons. The third kappa shape index (κ3) is 5.46. The molecule has 6 rings (SSSR count). The lowest BCUT2D eigenvalue weighted by molar-refractivity contribution is 0.0628. The monoisotopic (exact) mass is 552 g/mol. The van der Waals surface area contributed by atoms with Crippen molar-refractivity contribution in [1.29, 1.82) is 5.26 Å². The first kappa shape index (κ1) is 26.8. The zero-order valence-electron chi connectivity index (χ0n) is 23.0. The zero-order chi connectivity index (χ0) is 29.1. The van der Waals surface area contributed by atoms with Crippen molar-refractivity contribution in [2.75, 3.05) is 26.2 Å². The van der Waals surface area contributed by atoms with E-state index in [2.05, 4.69) is 27.7 Å². The van der Waals surface area contributed by atoms with Gasteiger partial charge in [-0.15, -0.1) is 0 Å². The summed E-state index contributed by atoms with van der Waals surface area (Å²) in [6.45, 7) is 6.94. The summed E-state index contributed by atoms with van der Waals surface area (Å²) in [5, 5.41) is 9.10. The van der Waals surface area contributed by atoms with E-state index in [-0.39, 0.29) is 11.8 Å². The summed E-state index contributed by atoms with van der Waals surface area (Å²) in [6, 6.07) is 28.8. The van der Waals surface area contributed by atoms with Crippen LogP contribution in [0.4, 0.5) is 0 Å². The van der Waals surface area contributed by atoms with Crippen LogP contribution in [-0.4, -0.2) is 63.9 Å². The van der Waals surface area contributed by atoms with Gasteiger partial charge in [0.05, 0.1) is 23.5 Å². The maximum atomic E-state index is 13.3. The van der Waals surface area contributed by atoms with Crippen molar-refractivity contribution in [2.45, 2.75) is 6.54 Å². The summed E-state index contributed by atoms with van der Waals surface area (Å²) < 4.78 is 2.04. The van der Waals surface area contributed by atoms with E-state index in [0.29, 0.717) is 29.8 Å². The molecule has 1 aliphatic rings. The van der Waals surface area contributed by atoms with Crippen molar-refractivity contribution in [3.05, 3.63) is 120 Å². The smallest absolute Gasteiger partial charge is 0.276 e. The van der Waals surface area contributed by atoms with Crippen LogP contribution in [0.15, 0.2) is 102 Å². The molecule has 0 unspecified atom stereocenters. The molecular formula is C34H28N6O2. The predicted molar refractivity (Wildman–Crippen MR) is 162 cm³/mol. The van der Waals surface area contributed by atoms with E-state index in [4.69, 9.17) is 5.26 Å². The normalized spacial score (nSPS) is 13.5. The molecule has 0 spiro atoms. The number of amides is 2. The Balaban J connectivity index is 1.10. The van der Waals surface area contributed by atoms with Gasteiger partial charge in [0.25, 0.3) is 11.8 Å². The largest absolute Gasteiger partial charge is 0.336 e. The highest BCUT2D eigenvalue weighted by atomic mass is 16.2. The Morgan fingerprint density at radius 2 is 1.45 bits per heavy atom. The molecular weight excluding hydrogens is 524 g/mol. The molecule has 2 aromatic heterocycles. The standard InChI is InChI=1S/C34H28N6O2/c1-36-33(41)28-8-4-25(5-9-28)22-38-16-18-39(19-17-38)34(42)29-12-10-26(11-13-29)30-14-15-32-37-21-31(40(32)23-30)27-6-2-24(20-35)3-7-27/h2-15,21,23H,1,16-19,22H2. The molecule has 8 heteroatoms. The molecule has 0 atom stereocenters. The third-order valence-corrected chi connectivity index (χ3v) is 7.69. The van der Waals surface area contributed by atoms with Gasteiger partial charge in [0.1, 0.15) is 5.65 Å². The highest BCUT2D eigenvalue weighted by Crippen LogP contribution is 2.26. The number of aliphatic imine (C=N–C) groups is 1. The number of rotatable bonds is 6. The fraction of sp³-hybridized carbons (Fsp3) is 0.147. The quantitative estimate of drug-likeness (QED) is 0.265. The average molecular weight is 553 g/mol. The first-order valence-electron chi connectivity index (χ1n) is 13.7. The first-order valence-corrected chi connectivity index (χ1v) is 13.7. The van der Waals surface area contributed by atoms with E-state index < -0.39 is 0 Å². The second kappa shape index (κ2) is 11.6. The molecule has 0 aliphatic carbocycles. The Bertz CT molecular complexity index is 1810. The van der Waals surface area contributed by atoms with Gasteiger partial charge in [-0.2, -0.15) is 5.26 Å². The summed E-state index contributed by atoms with van der Waals surface area (Å²) in [5.41, 5.74) is 7.72. The number of hydrogen-bond acceptors (Lipinski definition) is 5. The lowest BCUT2D eigenvalue weighted by Crippen LogP contribution is -2.48. The summed E-state index contributed by atoms with van der Waals surface area (Å²) in [4.78, 5) is 37.1. The van der Waals surface area contributed by atoms with Crippen LogP contribution < -0.4 is 0 Å². The SMILES string of the molecule is C=NC(=O)c1ccc(CN2CCN(C(=O)c3ccc(-c4ccc5ncc(-c6ccc(C#N)cc6)n5c4)cc3)CC2)cc1. The Labute approximate surface area is 243 Å². The van der Waals surface area contributed by atoms with Gasteiger partial charge in [-0.3, -0.25) is 18.9 Å². The molecule has 0 saturated carbocycles. The molecule has 8 nitrogen and oxygen atoms in total. The fourth-order valence-electron chi connectivity index (χ4n) is 5.28. The van der Waals surface area contributed by atoms with Crippen molar-refractivity contribution in [2.24, 2.45) is 4.99 Å². The lowest BCUT2D eigenvalue weighted by Gasteiger charge is -2.34. The predicted octanol–water partition coefficient (Wildman–Crippen LogP) is 5.34. The van der Waals surface area contributed by atoms with Crippen molar-refractivity contribution in [1.82, 2.24) is 19.2 Å². The number of hydrogen-bond donors (Lipinski definition) is 0. The van der Waals surface area contributed by atoms with E-state index in [0.717, 1.165) is 53.2 Å². The molecule has 2 amide bonds. The van der Waals surface area contributed by atoms with Crippen LogP contribution in [0.3, 0.4) is 0 Å². The summed E-state index contributed by atoms with van der Waals surface area (Å²) in [6.07, 6.45) is 3.88. The molecule has 1 fully saturated rings. The molecule has 1 saturated heterocycles. The number of nitrogens with zero attached hydrogens (tertiary/aromatic N) is 6. The van der Waals surface area contributed by atoms with Crippen LogP contribution in [0, 0.1) is 11.3 Å². The minimum absolute atomic E-state index is 0.0363. The minimum Gasteiger partial charge on any atom is -0.336 e. The van der Waals surface area contributed by atoms with Crippen molar-refractivity contribution < 1.29 is 9.59 Å². The Morgan fingerprint density at radius 3 is 2.12 bits per heavy atom. The topological polar surface area (TPSA) is 94.1 Å². The number of piperazine rings is 1. The van der Waals surface area contributed by atoms with Gasteiger partial charge in [-0.1, -0.05) is 36.4 Å². The average Bonchev–Trinajstić information content (AvgIpc) is 3.48. The summed E-state index contributed by atoms with van der Waals surface area (Å²) in [5.74, 6) is -0.288. The van der Waals surface area contributed by atoms with Crippen molar-refractivity contribution in [3.63, 3.8) is 0 Å². The first-order chi connectivity index (χ1) is 20.5. The van der Waals surface area contributed by atoms with Crippen molar-refractivity contribution >= 4 is 24.2 Å². The Hall–Kier alpha value is -5.39. The summed E-state index contributed by atoms with van der Waals surface area (Å²) >= 11 is 0. The van der Waals surface area contributed by atoms with Gasteiger partial charge in [0.2, 0.25) is 0 Å². The maximum Gasteiger partial charge on any atom is 0.276 e. The molecule has 5 aromatic rings. The van der Waals surface area contributed by atoms with Crippen LogP contribution in [0.5, 0.6) is 0 Å². The molecule has 206 valence electrons. The highest BCUT2D eigenvalue weighted by molar-refractivity contribution is 5.97. The number of carbonyl (C=O) groups is 2. The molecule has 3 aromatic carbocycles. The minimum atomic E-state index is -0.324. The number of benzene rings is 3. The number of aromatic nitrogens is 2. The van der Waals surface area contributed by atoms with E-state index in [1.807, 2.05) is 82.4 Å². The van der Waals surface area contributed by atoms with E-state index in [1.165, 1.54) is 0 Å². The van der Waals surface area contributed by atoms with Gasteiger partial charge >= 0.3 is 0 Å². The van der Waals surface area contributed by atoms with Crippen LogP contribution >= 0.6 is 0 Å². The van der Waals surface area contributed by atoms with Crippen LogP contribution in [0.1, 0.15) is 31.8 Å². The van der Waals surface area contributed by atoms with Gasteiger partial charge in [0, 0.05) is 55.6 Å². The number of fused-ring (bicyclic) bond motifs is 1. The number of carbonyl (C=O) groups excluding carboxylic acids is 2. The third-order valence-electron chi connectivity index (χ3n) is 7.69. The second-order valence-electron chi connectivity index (χ2n) is 10.3. The van der Waals surface area contributed by atoms with Crippen LogP contribution in [-0.2, 0) is 6.54 Å². The molecule has 1 aliphatic heterocycles. The molecule has 3 heterocycles. The number of imidazole rings is 1. The molecule has 42 heavy (non-hydrogen) atoms. The van der Waals surface area contributed by atoms with Crippen LogP contribution in [0.2, 0.25) is 0 Å². The van der Waals surface area contributed by atoms with Gasteiger partial charge in [-0.05, 0) is 71.9 Å². The van der Waals surface area contributed by atoms with Gasteiger partial charge in [-0.25, -0.2) is 9.98 Å². The second-order valence-corrected chi connectivity index (χ2v) is 10.3. The van der Waals surface area contributed by atoms with Gasteiger partial charge < -0.3 is 4.90 Å². The molecule has 0 N–H and O–H groups in total. The fourth-order valence-corrected chi connectivity index (χ4v) is 5.28. The number of nitriles is 1. The van der Waals surface area contributed by atoms with E-state index in [9.17, 15) is 9.59 Å². The Morgan fingerprint density at radius 1 is 0.810 bits per heavy atom.